The highest BCUT2D eigenvalue weighted by Gasteiger charge is 2.35. The van der Waals surface area contributed by atoms with Crippen molar-refractivity contribution in [3.05, 3.63) is 0 Å². The summed E-state index contributed by atoms with van der Waals surface area (Å²) in [6, 6.07) is -2.06. The maximum atomic E-state index is 12.9. The smallest absolute Gasteiger partial charge is 0.329 e. The summed E-state index contributed by atoms with van der Waals surface area (Å²) < 4.78 is 37.0. The summed E-state index contributed by atoms with van der Waals surface area (Å²) in [5.41, 5.74) is 0. The standard InChI is InChI=1S/C7H10F3NO3/c1-3(12)11-6(7(13)14)5(10)4(9)2-8/h4-6H,2H2,1H3,(H,11,12)(H,13,14). The maximum Gasteiger partial charge on any atom is 0.329 e. The van der Waals surface area contributed by atoms with Crippen molar-refractivity contribution in [2.45, 2.75) is 25.3 Å². The van der Waals surface area contributed by atoms with Crippen LogP contribution in [0.15, 0.2) is 0 Å². The molecule has 2 N–H and O–H groups in total. The van der Waals surface area contributed by atoms with E-state index in [1.807, 2.05) is 0 Å². The Morgan fingerprint density at radius 3 is 2.21 bits per heavy atom. The van der Waals surface area contributed by atoms with Gasteiger partial charge in [-0.2, -0.15) is 0 Å². The highest BCUT2D eigenvalue weighted by atomic mass is 19.2. The number of nitrogens with one attached hydrogen (secondary N) is 1. The van der Waals surface area contributed by atoms with Crippen molar-refractivity contribution < 1.29 is 27.9 Å². The zero-order chi connectivity index (χ0) is 11.3. The second-order valence-corrected chi connectivity index (χ2v) is 2.63. The molecule has 82 valence electrons. The van der Waals surface area contributed by atoms with Gasteiger partial charge in [0.15, 0.2) is 18.4 Å². The van der Waals surface area contributed by atoms with Crippen LogP contribution in [0.4, 0.5) is 13.2 Å². The number of hydrogen-bond acceptors (Lipinski definition) is 2. The Bertz CT molecular complexity index is 224. The van der Waals surface area contributed by atoms with Gasteiger partial charge < -0.3 is 10.4 Å². The van der Waals surface area contributed by atoms with Crippen molar-refractivity contribution in [3.63, 3.8) is 0 Å². The van der Waals surface area contributed by atoms with Crippen molar-refractivity contribution >= 4 is 11.9 Å². The number of hydrogen-bond donors (Lipinski definition) is 2. The van der Waals surface area contributed by atoms with Crippen LogP contribution < -0.4 is 5.32 Å². The topological polar surface area (TPSA) is 66.4 Å². The molecule has 0 heterocycles. The van der Waals surface area contributed by atoms with E-state index in [0.717, 1.165) is 6.92 Å². The third-order valence-electron chi connectivity index (χ3n) is 1.44. The first kappa shape index (κ1) is 12.7. The number of carbonyl (C=O) groups excluding carboxylic acids is 1. The Morgan fingerprint density at radius 2 is 1.93 bits per heavy atom. The van der Waals surface area contributed by atoms with E-state index in [1.165, 1.54) is 0 Å². The van der Waals surface area contributed by atoms with Crippen LogP contribution in [0.3, 0.4) is 0 Å². The van der Waals surface area contributed by atoms with Crippen LogP contribution >= 0.6 is 0 Å². The van der Waals surface area contributed by atoms with Crippen molar-refractivity contribution in [1.29, 1.82) is 0 Å². The number of alkyl halides is 3. The van der Waals surface area contributed by atoms with Crippen LogP contribution in [0, 0.1) is 0 Å². The highest BCUT2D eigenvalue weighted by molar-refractivity contribution is 5.82. The fraction of sp³-hybridized carbons (Fsp3) is 0.714. The molecule has 0 bridgehead atoms. The average molecular weight is 213 g/mol. The quantitative estimate of drug-likeness (QED) is 0.686. The number of amides is 1. The molecule has 0 rings (SSSR count). The van der Waals surface area contributed by atoms with Gasteiger partial charge in [-0.1, -0.05) is 0 Å². The summed E-state index contributed by atoms with van der Waals surface area (Å²) in [6.07, 6.45) is -5.15. The summed E-state index contributed by atoms with van der Waals surface area (Å²) in [6.45, 7) is -0.685. The highest BCUT2D eigenvalue weighted by Crippen LogP contribution is 2.10. The molecule has 0 saturated heterocycles. The number of carbonyl (C=O) groups is 2. The summed E-state index contributed by atoms with van der Waals surface area (Å²) in [5, 5.41) is 10.1. The lowest BCUT2D eigenvalue weighted by Gasteiger charge is -2.18. The van der Waals surface area contributed by atoms with Gasteiger partial charge in [0.05, 0.1) is 0 Å². The second-order valence-electron chi connectivity index (χ2n) is 2.63. The normalized spacial score (nSPS) is 16.9. The van der Waals surface area contributed by atoms with Crippen molar-refractivity contribution in [3.8, 4) is 0 Å². The number of carboxylic acid groups (broad SMARTS) is 1. The van der Waals surface area contributed by atoms with Gasteiger partial charge in [0, 0.05) is 6.92 Å². The molecule has 0 saturated carbocycles. The Balaban J connectivity index is 4.48. The van der Waals surface area contributed by atoms with E-state index in [1.54, 1.807) is 5.32 Å². The minimum absolute atomic E-state index is 0.828. The molecule has 0 fully saturated rings. The van der Waals surface area contributed by atoms with Crippen LogP contribution in [0.25, 0.3) is 0 Å². The van der Waals surface area contributed by atoms with Gasteiger partial charge >= 0.3 is 5.97 Å². The summed E-state index contributed by atoms with van der Waals surface area (Å²) in [7, 11) is 0. The lowest BCUT2D eigenvalue weighted by molar-refractivity contribution is -0.144. The maximum absolute atomic E-state index is 12.9. The van der Waals surface area contributed by atoms with E-state index in [2.05, 4.69) is 0 Å². The first-order valence-electron chi connectivity index (χ1n) is 3.74. The predicted octanol–water partition coefficient (Wildman–Crippen LogP) is 0.221. The lowest BCUT2D eigenvalue weighted by Crippen LogP contribution is -2.50. The molecule has 3 unspecified atom stereocenters. The molecule has 0 spiro atoms. The molecule has 14 heavy (non-hydrogen) atoms. The van der Waals surface area contributed by atoms with Gasteiger partial charge in [-0.15, -0.1) is 0 Å². The van der Waals surface area contributed by atoms with E-state index < -0.39 is 36.9 Å². The van der Waals surface area contributed by atoms with Gasteiger partial charge in [-0.3, -0.25) is 4.79 Å². The van der Waals surface area contributed by atoms with Gasteiger partial charge in [-0.05, 0) is 0 Å². The van der Waals surface area contributed by atoms with Crippen LogP contribution in [-0.2, 0) is 9.59 Å². The Kier molecular flexibility index (Phi) is 4.96. The van der Waals surface area contributed by atoms with Crippen LogP contribution in [-0.4, -0.2) is 42.0 Å². The Hall–Kier alpha value is -1.27. The minimum Gasteiger partial charge on any atom is -0.480 e. The SMILES string of the molecule is CC(=O)NC(C(=O)O)C(F)C(F)CF. The first-order valence-corrected chi connectivity index (χ1v) is 3.74. The van der Waals surface area contributed by atoms with E-state index in [9.17, 15) is 22.8 Å². The molecule has 0 aliphatic rings. The zero-order valence-corrected chi connectivity index (χ0v) is 7.34. The van der Waals surface area contributed by atoms with Crippen LogP contribution in [0.1, 0.15) is 6.92 Å². The first-order chi connectivity index (χ1) is 6.40. The molecule has 0 aromatic carbocycles. The second kappa shape index (κ2) is 5.46. The van der Waals surface area contributed by atoms with E-state index in [-0.39, 0.29) is 0 Å². The number of rotatable bonds is 5. The predicted molar refractivity (Wildman–Crippen MR) is 41.0 cm³/mol. The average Bonchev–Trinajstić information content (AvgIpc) is 2.11. The molecule has 4 nitrogen and oxygen atoms in total. The van der Waals surface area contributed by atoms with E-state index in [4.69, 9.17) is 5.11 Å². The van der Waals surface area contributed by atoms with Gasteiger partial charge in [0.25, 0.3) is 0 Å². The fourth-order valence-corrected chi connectivity index (χ4v) is 0.790. The lowest BCUT2D eigenvalue weighted by atomic mass is 10.1. The summed E-state index contributed by atoms with van der Waals surface area (Å²) in [5.74, 6) is -2.57. The van der Waals surface area contributed by atoms with Crippen LogP contribution in [0.2, 0.25) is 0 Å². The molecule has 0 aromatic rings. The number of halogens is 3. The molecule has 0 aliphatic heterocycles. The van der Waals surface area contributed by atoms with E-state index >= 15 is 0 Å². The largest absolute Gasteiger partial charge is 0.480 e. The molecule has 3 atom stereocenters. The summed E-state index contributed by atoms with van der Waals surface area (Å²) >= 11 is 0. The molecule has 0 radical (unpaired) electrons. The molecule has 0 aliphatic carbocycles. The molecule has 1 amide bonds. The Labute approximate surface area is 78.1 Å². The summed E-state index contributed by atoms with van der Waals surface area (Å²) in [4.78, 5) is 20.8. The molecular weight excluding hydrogens is 203 g/mol. The Morgan fingerprint density at radius 1 is 1.43 bits per heavy atom. The van der Waals surface area contributed by atoms with Crippen LogP contribution in [0.5, 0.6) is 0 Å². The number of carboxylic acids is 1. The van der Waals surface area contributed by atoms with Gasteiger partial charge in [0.2, 0.25) is 5.91 Å². The fourth-order valence-electron chi connectivity index (χ4n) is 0.790. The molecular formula is C7H10F3NO3. The van der Waals surface area contributed by atoms with E-state index in [0.29, 0.717) is 0 Å². The van der Waals surface area contributed by atoms with Crippen molar-refractivity contribution in [1.82, 2.24) is 5.32 Å². The van der Waals surface area contributed by atoms with Crippen molar-refractivity contribution in [2.24, 2.45) is 0 Å². The van der Waals surface area contributed by atoms with Crippen molar-refractivity contribution in [2.75, 3.05) is 6.67 Å². The van der Waals surface area contributed by atoms with Gasteiger partial charge in [0.1, 0.15) is 6.67 Å². The monoisotopic (exact) mass is 213 g/mol. The third-order valence-corrected chi connectivity index (χ3v) is 1.44. The third kappa shape index (κ3) is 3.63. The number of aliphatic carboxylic acids is 1. The molecule has 0 aromatic heterocycles. The zero-order valence-electron chi connectivity index (χ0n) is 7.34. The molecule has 7 heteroatoms. The minimum atomic E-state index is -2.60. The van der Waals surface area contributed by atoms with Gasteiger partial charge in [-0.25, -0.2) is 18.0 Å².